The van der Waals surface area contributed by atoms with Crippen LogP contribution in [-0.4, -0.2) is 21.3 Å². The van der Waals surface area contributed by atoms with E-state index in [0.29, 0.717) is 5.13 Å². The van der Waals surface area contributed by atoms with Gasteiger partial charge in [-0.2, -0.15) is 0 Å². The molecule has 1 saturated carbocycles. The van der Waals surface area contributed by atoms with Gasteiger partial charge in [0.25, 0.3) is 0 Å². The van der Waals surface area contributed by atoms with Crippen molar-refractivity contribution in [1.29, 1.82) is 0 Å². The number of aromatic nitrogens is 1. The van der Waals surface area contributed by atoms with Crippen LogP contribution < -0.4 is 5.73 Å². The maximum absolute atomic E-state index is 10.8. The number of nitrogens with zero attached hydrogens (tertiary/aromatic N) is 1. The van der Waals surface area contributed by atoms with E-state index in [2.05, 4.69) is 4.98 Å². The number of carbonyl (C=O) groups is 1. The number of hydrogen-bond acceptors (Lipinski definition) is 5. The number of carboxylic acid groups (broad SMARTS) is 1. The maximum atomic E-state index is 10.8. The van der Waals surface area contributed by atoms with E-state index in [1.165, 1.54) is 11.3 Å². The quantitative estimate of drug-likeness (QED) is 0.850. The minimum Gasteiger partial charge on any atom is -0.481 e. The first kappa shape index (κ1) is 10.8. The highest BCUT2D eigenvalue weighted by molar-refractivity contribution is 8.01. The molecule has 82 valence electrons. The number of nitrogens with two attached hydrogens (primary N) is 1. The first-order valence-electron chi connectivity index (χ1n) is 4.70. The highest BCUT2D eigenvalue weighted by Crippen LogP contribution is 2.44. The summed E-state index contributed by atoms with van der Waals surface area (Å²) in [5.74, 6) is -0.883. The number of aliphatic carboxylic acids is 1. The van der Waals surface area contributed by atoms with Crippen molar-refractivity contribution < 1.29 is 9.90 Å². The average molecular weight is 244 g/mol. The van der Waals surface area contributed by atoms with Crippen molar-refractivity contribution in [3.8, 4) is 0 Å². The molecule has 3 N–H and O–H groups in total. The molecule has 0 bridgehead atoms. The SMILES string of the molecule is Cc1nc(N)sc1SC1CCC1C(=O)O. The summed E-state index contributed by atoms with van der Waals surface area (Å²) in [6.45, 7) is 1.91. The van der Waals surface area contributed by atoms with Crippen LogP contribution in [0.25, 0.3) is 0 Å². The third kappa shape index (κ3) is 2.10. The van der Waals surface area contributed by atoms with Gasteiger partial charge in [0.2, 0.25) is 0 Å². The Morgan fingerprint density at radius 3 is 2.80 bits per heavy atom. The van der Waals surface area contributed by atoms with Crippen LogP contribution in [-0.2, 0) is 4.79 Å². The fraction of sp³-hybridized carbons (Fsp3) is 0.556. The zero-order valence-corrected chi connectivity index (χ0v) is 9.90. The predicted octanol–water partition coefficient (Wildman–Crippen LogP) is 1.99. The number of nitrogen functional groups attached to an aromatic ring is 1. The van der Waals surface area contributed by atoms with Crippen LogP contribution in [0.2, 0.25) is 0 Å². The number of carboxylic acids is 1. The summed E-state index contributed by atoms with van der Waals surface area (Å²) in [6, 6.07) is 0. The lowest BCUT2D eigenvalue weighted by Gasteiger charge is -2.32. The monoisotopic (exact) mass is 244 g/mol. The number of anilines is 1. The molecule has 2 unspecified atom stereocenters. The van der Waals surface area contributed by atoms with Gasteiger partial charge in [0.15, 0.2) is 5.13 Å². The maximum Gasteiger partial charge on any atom is 0.307 e. The molecule has 1 aliphatic rings. The van der Waals surface area contributed by atoms with Crippen molar-refractivity contribution >= 4 is 34.2 Å². The van der Waals surface area contributed by atoms with Crippen molar-refractivity contribution in [2.45, 2.75) is 29.2 Å². The Morgan fingerprint density at radius 1 is 1.67 bits per heavy atom. The molecular weight excluding hydrogens is 232 g/mol. The summed E-state index contributed by atoms with van der Waals surface area (Å²) in [4.78, 5) is 14.9. The Labute approximate surface area is 95.9 Å². The minimum atomic E-state index is -0.686. The lowest BCUT2D eigenvalue weighted by atomic mass is 9.85. The number of aryl methyl sites for hydroxylation is 1. The Morgan fingerprint density at radius 2 is 2.40 bits per heavy atom. The Hall–Kier alpha value is -0.750. The van der Waals surface area contributed by atoms with Crippen LogP contribution in [0.3, 0.4) is 0 Å². The van der Waals surface area contributed by atoms with Gasteiger partial charge in [-0.1, -0.05) is 11.3 Å². The normalized spacial score (nSPS) is 24.9. The lowest BCUT2D eigenvalue weighted by Crippen LogP contribution is -2.35. The molecule has 0 radical (unpaired) electrons. The second-order valence-corrected chi connectivity index (χ2v) is 6.14. The zero-order valence-electron chi connectivity index (χ0n) is 8.27. The van der Waals surface area contributed by atoms with Crippen molar-refractivity contribution in [2.75, 3.05) is 5.73 Å². The van der Waals surface area contributed by atoms with E-state index in [0.717, 1.165) is 22.7 Å². The molecule has 1 fully saturated rings. The summed E-state index contributed by atoms with van der Waals surface area (Å²) < 4.78 is 1.06. The fourth-order valence-electron chi connectivity index (χ4n) is 1.54. The molecule has 1 aromatic rings. The molecule has 1 aromatic heterocycles. The summed E-state index contributed by atoms with van der Waals surface area (Å²) in [6.07, 6.45) is 1.76. The average Bonchev–Trinajstić information content (AvgIpc) is 2.38. The molecular formula is C9H12N2O2S2. The van der Waals surface area contributed by atoms with Crippen LogP contribution in [0.1, 0.15) is 18.5 Å². The predicted molar refractivity (Wildman–Crippen MR) is 61.3 cm³/mol. The largest absolute Gasteiger partial charge is 0.481 e. The highest BCUT2D eigenvalue weighted by atomic mass is 32.2. The molecule has 15 heavy (non-hydrogen) atoms. The van der Waals surface area contributed by atoms with Crippen molar-refractivity contribution in [1.82, 2.24) is 4.98 Å². The Bertz CT molecular complexity index is 391. The molecule has 1 aliphatic carbocycles. The van der Waals surface area contributed by atoms with E-state index < -0.39 is 5.97 Å². The summed E-state index contributed by atoms with van der Waals surface area (Å²) in [5.41, 5.74) is 6.50. The molecule has 0 amide bonds. The van der Waals surface area contributed by atoms with Crippen molar-refractivity contribution in [3.63, 3.8) is 0 Å². The standard InChI is InChI=1S/C9H12N2O2S2/c1-4-8(15-9(10)11-4)14-6-3-2-5(6)7(12)13/h5-6H,2-3H2,1H3,(H2,10,11)(H,12,13). The first-order valence-corrected chi connectivity index (χ1v) is 6.40. The van der Waals surface area contributed by atoms with Gasteiger partial charge in [-0.25, -0.2) is 4.98 Å². The zero-order chi connectivity index (χ0) is 11.0. The van der Waals surface area contributed by atoms with Gasteiger partial charge < -0.3 is 10.8 Å². The van der Waals surface area contributed by atoms with Gasteiger partial charge in [0, 0.05) is 5.25 Å². The first-order chi connectivity index (χ1) is 7.08. The molecule has 6 heteroatoms. The molecule has 0 aliphatic heterocycles. The van der Waals surface area contributed by atoms with E-state index in [9.17, 15) is 4.79 Å². The van der Waals surface area contributed by atoms with Gasteiger partial charge in [-0.15, -0.1) is 11.8 Å². The van der Waals surface area contributed by atoms with Gasteiger partial charge in [-0.05, 0) is 19.8 Å². The lowest BCUT2D eigenvalue weighted by molar-refractivity contribution is -0.144. The molecule has 0 spiro atoms. The number of hydrogen-bond donors (Lipinski definition) is 2. The number of rotatable bonds is 3. The van der Waals surface area contributed by atoms with Gasteiger partial charge in [0.1, 0.15) is 0 Å². The molecule has 0 aromatic carbocycles. The second-order valence-electron chi connectivity index (χ2n) is 3.60. The van der Waals surface area contributed by atoms with E-state index in [1.54, 1.807) is 11.8 Å². The third-order valence-corrected chi connectivity index (χ3v) is 5.25. The van der Waals surface area contributed by atoms with E-state index >= 15 is 0 Å². The van der Waals surface area contributed by atoms with Gasteiger partial charge in [-0.3, -0.25) is 4.79 Å². The molecule has 2 rings (SSSR count). The van der Waals surface area contributed by atoms with E-state index in [-0.39, 0.29) is 11.2 Å². The number of thiazole rings is 1. The van der Waals surface area contributed by atoms with Crippen LogP contribution in [0.4, 0.5) is 5.13 Å². The summed E-state index contributed by atoms with van der Waals surface area (Å²) in [5, 5.41) is 9.66. The van der Waals surface area contributed by atoms with Crippen LogP contribution >= 0.6 is 23.1 Å². The summed E-state index contributed by atoms with van der Waals surface area (Å²) >= 11 is 3.05. The van der Waals surface area contributed by atoms with Crippen LogP contribution in [0, 0.1) is 12.8 Å². The van der Waals surface area contributed by atoms with Gasteiger partial charge >= 0.3 is 5.97 Å². The van der Waals surface area contributed by atoms with Gasteiger partial charge in [0.05, 0.1) is 15.8 Å². The van der Waals surface area contributed by atoms with Crippen molar-refractivity contribution in [3.05, 3.63) is 5.69 Å². The Balaban J connectivity index is 2.03. The minimum absolute atomic E-state index is 0.195. The van der Waals surface area contributed by atoms with E-state index in [4.69, 9.17) is 10.8 Å². The second kappa shape index (κ2) is 4.02. The topological polar surface area (TPSA) is 76.2 Å². The van der Waals surface area contributed by atoms with E-state index in [1.807, 2.05) is 6.92 Å². The smallest absolute Gasteiger partial charge is 0.307 e. The number of thioether (sulfide) groups is 1. The highest BCUT2D eigenvalue weighted by Gasteiger charge is 2.37. The molecule has 1 heterocycles. The fourth-order valence-corrected chi connectivity index (χ4v) is 4.09. The Kier molecular flexibility index (Phi) is 2.88. The summed E-state index contributed by atoms with van der Waals surface area (Å²) in [7, 11) is 0. The van der Waals surface area contributed by atoms with Crippen molar-refractivity contribution in [2.24, 2.45) is 5.92 Å². The molecule has 0 saturated heterocycles. The van der Waals surface area contributed by atoms with Crippen LogP contribution in [0.5, 0.6) is 0 Å². The third-order valence-electron chi connectivity index (χ3n) is 2.56. The van der Waals surface area contributed by atoms with Crippen LogP contribution in [0.15, 0.2) is 4.21 Å². The molecule has 2 atom stereocenters. The molecule has 4 nitrogen and oxygen atoms in total.